The summed E-state index contributed by atoms with van der Waals surface area (Å²) < 4.78 is 5.04. The molecule has 11 rings (SSSR count). The molecule has 53 heavy (non-hydrogen) atoms. The van der Waals surface area contributed by atoms with E-state index >= 15 is 0 Å². The van der Waals surface area contributed by atoms with Gasteiger partial charge in [-0.15, -0.1) is 11.3 Å². The van der Waals surface area contributed by atoms with Gasteiger partial charge in [0, 0.05) is 44.1 Å². The molecule has 0 radical (unpaired) electrons. The predicted molar refractivity (Wildman–Crippen MR) is 222 cm³/mol. The molecular weight excluding hydrogens is 661 g/mol. The van der Waals surface area contributed by atoms with E-state index in [9.17, 15) is 0 Å². The van der Waals surface area contributed by atoms with Gasteiger partial charge in [0.25, 0.3) is 0 Å². The smallest absolute Gasteiger partial charge is 0.235 e. The number of rotatable bonds is 3. The maximum absolute atomic E-state index is 2.47. The van der Waals surface area contributed by atoms with Gasteiger partial charge in [-0.2, -0.15) is 4.58 Å². The molecule has 0 fully saturated rings. The number of hydrogen-bond acceptors (Lipinski definition) is 2. The molecule has 2 nitrogen and oxygen atoms in total. The lowest BCUT2D eigenvalue weighted by atomic mass is 9.96. The van der Waals surface area contributed by atoms with Crippen LogP contribution < -0.4 is 9.48 Å². The van der Waals surface area contributed by atoms with Crippen molar-refractivity contribution in [2.75, 3.05) is 11.4 Å². The number of hydrogen-bond donors (Lipinski definition) is 0. The fourth-order valence-electron chi connectivity index (χ4n) is 8.53. The van der Waals surface area contributed by atoms with Crippen LogP contribution in [0.5, 0.6) is 0 Å². The minimum absolute atomic E-state index is 0.755. The highest BCUT2D eigenvalue weighted by atomic mass is 32.1. The second-order valence-corrected chi connectivity index (χ2v) is 14.9. The van der Waals surface area contributed by atoms with E-state index in [2.05, 4.69) is 198 Å². The molecule has 2 aliphatic rings. The van der Waals surface area contributed by atoms with Crippen LogP contribution in [0.1, 0.15) is 0 Å². The summed E-state index contributed by atoms with van der Waals surface area (Å²) in [7, 11) is 0. The molecule has 0 bridgehead atoms. The maximum atomic E-state index is 2.47. The highest BCUT2D eigenvalue weighted by Crippen LogP contribution is 2.41. The van der Waals surface area contributed by atoms with Crippen LogP contribution >= 0.6 is 11.3 Å². The van der Waals surface area contributed by atoms with Gasteiger partial charge in [0.05, 0.1) is 0 Å². The number of para-hydroxylation sites is 2. The Bertz CT molecular complexity index is 3370. The molecule has 0 atom stereocenters. The van der Waals surface area contributed by atoms with Crippen molar-refractivity contribution in [3.63, 3.8) is 0 Å². The average molecular weight is 694 g/mol. The molecular formula is C50H33N2S+. The van der Waals surface area contributed by atoms with E-state index < -0.39 is 0 Å². The van der Waals surface area contributed by atoms with Crippen LogP contribution in [0.4, 0.5) is 22.7 Å². The summed E-state index contributed by atoms with van der Waals surface area (Å²) in [6, 6.07) is 67.1. The molecule has 0 unspecified atom stereocenters. The molecule has 0 amide bonds. The van der Waals surface area contributed by atoms with Gasteiger partial charge in [0.15, 0.2) is 6.21 Å². The first-order valence-corrected chi connectivity index (χ1v) is 19.0. The normalized spacial score (nSPS) is 12.9. The summed E-state index contributed by atoms with van der Waals surface area (Å²) in [6.07, 6.45) is 2.32. The summed E-state index contributed by atoms with van der Waals surface area (Å²) in [5, 5.41) is 12.6. The molecule has 1 aliphatic heterocycles. The van der Waals surface area contributed by atoms with Gasteiger partial charge in [-0.25, -0.2) is 0 Å². The predicted octanol–water partition coefficient (Wildman–Crippen LogP) is 12.2. The first kappa shape index (κ1) is 30.1. The monoisotopic (exact) mass is 693 g/mol. The Labute approximate surface area is 310 Å². The third kappa shape index (κ3) is 4.75. The fourth-order valence-corrected chi connectivity index (χ4v) is 9.77. The van der Waals surface area contributed by atoms with Crippen LogP contribution in [0, 0.1) is 41.7 Å². The van der Waals surface area contributed by atoms with E-state index in [1.807, 2.05) is 11.3 Å². The molecule has 0 saturated carbocycles. The van der Waals surface area contributed by atoms with Crippen LogP contribution in [0.3, 0.4) is 0 Å². The van der Waals surface area contributed by atoms with Gasteiger partial charge in [0.2, 0.25) is 11.4 Å². The minimum Gasteiger partial charge on any atom is -0.326 e. The van der Waals surface area contributed by atoms with Gasteiger partial charge >= 0.3 is 0 Å². The van der Waals surface area contributed by atoms with E-state index in [1.54, 1.807) is 0 Å². The summed E-state index contributed by atoms with van der Waals surface area (Å²) in [5.74, 6) is 0. The Hall–Kier alpha value is -6.55. The van der Waals surface area contributed by atoms with Crippen molar-refractivity contribution < 1.29 is 0 Å². The van der Waals surface area contributed by atoms with Crippen LogP contribution in [-0.2, 0) is 0 Å². The zero-order valence-corrected chi connectivity index (χ0v) is 29.7. The van der Waals surface area contributed by atoms with Gasteiger partial charge < -0.3 is 4.90 Å². The molecule has 1 aromatic heterocycles. The molecule has 0 saturated heterocycles. The van der Waals surface area contributed by atoms with E-state index in [1.165, 1.54) is 90.1 Å². The molecule has 3 heteroatoms. The SMILES string of the molecule is C1=[N+](c2ccccc2)c2cc3c(cc2N(c2ccccc2)C1)=c1cc(-c2cccc4c2sc2ccccc24)ccc1=c1ccccc1=c1ccccc1=3. The molecule has 1 aliphatic carbocycles. The largest absolute Gasteiger partial charge is 0.326 e. The van der Waals surface area contributed by atoms with E-state index in [0.29, 0.717) is 0 Å². The van der Waals surface area contributed by atoms with Crippen LogP contribution in [0.2, 0.25) is 0 Å². The first-order chi connectivity index (χ1) is 26.3. The summed E-state index contributed by atoms with van der Waals surface area (Å²) in [6.45, 7) is 0.755. The molecule has 0 spiro atoms. The molecule has 0 N–H and O–H groups in total. The third-order valence-corrected chi connectivity index (χ3v) is 12.2. The quantitative estimate of drug-likeness (QED) is 0.167. The fraction of sp³-hybridized carbons (Fsp3) is 0.0200. The van der Waals surface area contributed by atoms with Gasteiger partial charge in [0.1, 0.15) is 12.2 Å². The minimum atomic E-state index is 0.755. The Kier molecular flexibility index (Phi) is 6.83. The first-order valence-electron chi connectivity index (χ1n) is 18.2. The van der Waals surface area contributed by atoms with Crippen LogP contribution in [-0.4, -0.2) is 12.8 Å². The zero-order chi connectivity index (χ0) is 34.9. The van der Waals surface area contributed by atoms with Crippen LogP contribution in [0.25, 0.3) is 31.3 Å². The zero-order valence-electron chi connectivity index (χ0n) is 28.9. The van der Waals surface area contributed by atoms with Gasteiger partial charge in [-0.3, -0.25) is 0 Å². The maximum Gasteiger partial charge on any atom is 0.235 e. The van der Waals surface area contributed by atoms with Crippen molar-refractivity contribution in [1.29, 1.82) is 0 Å². The van der Waals surface area contributed by atoms with Gasteiger partial charge in [-0.1, -0.05) is 133 Å². The Morgan fingerprint density at radius 2 is 1.04 bits per heavy atom. The van der Waals surface area contributed by atoms with Crippen molar-refractivity contribution in [3.05, 3.63) is 224 Å². The number of thiophene rings is 1. The highest BCUT2D eigenvalue weighted by molar-refractivity contribution is 7.26. The van der Waals surface area contributed by atoms with Gasteiger partial charge in [-0.05, 0) is 83.2 Å². The highest BCUT2D eigenvalue weighted by Gasteiger charge is 2.28. The van der Waals surface area contributed by atoms with Crippen molar-refractivity contribution in [2.45, 2.75) is 0 Å². The summed E-state index contributed by atoms with van der Waals surface area (Å²) >= 11 is 1.89. The van der Waals surface area contributed by atoms with Crippen molar-refractivity contribution in [2.24, 2.45) is 0 Å². The van der Waals surface area contributed by atoms with Crippen molar-refractivity contribution in [1.82, 2.24) is 4.58 Å². The second-order valence-electron chi connectivity index (χ2n) is 13.9. The Morgan fingerprint density at radius 1 is 0.453 bits per heavy atom. The van der Waals surface area contributed by atoms with Crippen molar-refractivity contribution in [3.8, 4) is 11.1 Å². The van der Waals surface area contributed by atoms with Crippen molar-refractivity contribution >= 4 is 60.5 Å². The van der Waals surface area contributed by atoms with E-state index in [4.69, 9.17) is 0 Å². The number of nitrogens with zero attached hydrogens (tertiary/aromatic N) is 2. The lowest BCUT2D eigenvalue weighted by Gasteiger charge is -2.27. The Balaban J connectivity index is 1.35. The summed E-state index contributed by atoms with van der Waals surface area (Å²) in [4.78, 5) is 2.45. The topological polar surface area (TPSA) is 6.25 Å². The lowest BCUT2D eigenvalue weighted by molar-refractivity contribution is 0.994. The van der Waals surface area contributed by atoms with Crippen LogP contribution in [0.15, 0.2) is 182 Å². The number of fused-ring (bicyclic) bond motifs is 8. The molecule has 248 valence electrons. The third-order valence-electron chi connectivity index (χ3n) is 11.0. The molecule has 8 aromatic carbocycles. The van der Waals surface area contributed by atoms with E-state index in [-0.39, 0.29) is 0 Å². The van der Waals surface area contributed by atoms with E-state index in [0.717, 1.165) is 12.2 Å². The average Bonchev–Trinajstić information content (AvgIpc) is 3.62. The second kappa shape index (κ2) is 12.0. The lowest BCUT2D eigenvalue weighted by Crippen LogP contribution is -2.29. The number of benzene rings is 8. The standard InChI is InChI=1S/C50H33N2S/c1-3-14-34(15-4-1)51-28-29-52(35-16-5-2-6-17-35)48-32-46-44-30-33(36-23-13-24-43-42-22-11-12-25-49(42)53-50(36)43)26-27-41(44)39-20-8-7-18-37(39)38-19-9-10-21-40(38)45(46)31-47(48)51/h1-28,30-32H,29H2/q+1. The number of anilines is 2. The molecule has 2 heterocycles. The Morgan fingerprint density at radius 3 is 1.79 bits per heavy atom. The molecule has 9 aromatic rings. The summed E-state index contributed by atoms with van der Waals surface area (Å²) in [5.41, 5.74) is 7.20.